The average Bonchev–Trinajstić information content (AvgIpc) is 2.77. The van der Waals surface area contributed by atoms with Crippen molar-refractivity contribution in [1.82, 2.24) is 0 Å². The third-order valence-corrected chi connectivity index (χ3v) is 2.72. The van der Waals surface area contributed by atoms with E-state index in [1.807, 2.05) is 0 Å². The first kappa shape index (κ1) is 10.9. The Kier molecular flexibility index (Phi) is 2.81. The normalized spacial score (nSPS) is 13.0. The van der Waals surface area contributed by atoms with Crippen molar-refractivity contribution < 1.29 is 18.9 Å². The van der Waals surface area contributed by atoms with Gasteiger partial charge in [-0.15, -0.1) is 0 Å². The Balaban J connectivity index is 2.72. The Labute approximate surface area is 95.1 Å². The highest BCUT2D eigenvalue weighted by Crippen LogP contribution is 2.50. The molecule has 0 saturated heterocycles. The van der Waals surface area contributed by atoms with Crippen molar-refractivity contribution in [3.8, 4) is 23.0 Å². The van der Waals surface area contributed by atoms with Gasteiger partial charge < -0.3 is 18.9 Å². The van der Waals surface area contributed by atoms with Crippen LogP contribution in [0.1, 0.15) is 11.1 Å². The third kappa shape index (κ3) is 1.37. The molecule has 2 rings (SSSR count). The van der Waals surface area contributed by atoms with Crippen molar-refractivity contribution >= 4 is 0 Å². The lowest BCUT2D eigenvalue weighted by atomic mass is 10.1. The molecule has 0 N–H and O–H groups in total. The number of fused-ring (bicyclic) bond motifs is 1. The van der Waals surface area contributed by atoms with E-state index in [2.05, 4.69) is 6.92 Å². The van der Waals surface area contributed by atoms with Crippen LogP contribution in [0, 0.1) is 6.92 Å². The molecule has 0 saturated carbocycles. The Morgan fingerprint density at radius 3 is 2.19 bits per heavy atom. The highest BCUT2D eigenvalue weighted by molar-refractivity contribution is 5.68. The lowest BCUT2D eigenvalue weighted by molar-refractivity contribution is 0.318. The maximum Gasteiger partial charge on any atom is 0.204 e. The molecule has 1 aliphatic rings. The van der Waals surface area contributed by atoms with E-state index in [1.54, 1.807) is 21.3 Å². The van der Waals surface area contributed by atoms with E-state index in [9.17, 15) is 0 Å². The molecule has 1 aromatic carbocycles. The number of benzene rings is 1. The molecule has 1 aliphatic heterocycles. The fraction of sp³-hybridized carbons (Fsp3) is 0.417. The van der Waals surface area contributed by atoms with Crippen LogP contribution in [-0.2, 0) is 6.42 Å². The molecular formula is C12H15O4. The second-order valence-corrected chi connectivity index (χ2v) is 3.48. The summed E-state index contributed by atoms with van der Waals surface area (Å²) in [4.78, 5) is 0. The molecule has 1 aromatic rings. The maximum atomic E-state index is 5.54. The number of hydrogen-bond acceptors (Lipinski definition) is 4. The minimum atomic E-state index is 0.569. The zero-order valence-electron chi connectivity index (χ0n) is 9.75. The smallest absolute Gasteiger partial charge is 0.204 e. The van der Waals surface area contributed by atoms with Gasteiger partial charge in [0.15, 0.2) is 11.5 Å². The van der Waals surface area contributed by atoms with Crippen molar-refractivity contribution in [3.05, 3.63) is 18.1 Å². The van der Waals surface area contributed by atoms with E-state index in [0.29, 0.717) is 29.4 Å². The van der Waals surface area contributed by atoms with Crippen molar-refractivity contribution in [2.45, 2.75) is 6.42 Å². The molecule has 4 nitrogen and oxygen atoms in total. The average molecular weight is 223 g/mol. The minimum absolute atomic E-state index is 0.569. The molecular weight excluding hydrogens is 208 g/mol. The topological polar surface area (TPSA) is 36.9 Å². The number of hydrogen-bond donors (Lipinski definition) is 0. The van der Waals surface area contributed by atoms with Crippen LogP contribution in [-0.4, -0.2) is 27.9 Å². The quantitative estimate of drug-likeness (QED) is 0.783. The van der Waals surface area contributed by atoms with E-state index in [4.69, 9.17) is 18.9 Å². The molecule has 0 amide bonds. The van der Waals surface area contributed by atoms with Gasteiger partial charge in [-0.2, -0.15) is 0 Å². The second kappa shape index (κ2) is 4.12. The molecule has 1 heterocycles. The van der Waals surface area contributed by atoms with Gasteiger partial charge in [-0.3, -0.25) is 0 Å². The van der Waals surface area contributed by atoms with Crippen LogP contribution in [0.5, 0.6) is 23.0 Å². The molecule has 0 atom stereocenters. The van der Waals surface area contributed by atoms with Crippen LogP contribution in [0.4, 0.5) is 0 Å². The molecule has 0 bridgehead atoms. The van der Waals surface area contributed by atoms with E-state index < -0.39 is 0 Å². The summed E-state index contributed by atoms with van der Waals surface area (Å²) in [7, 11) is 4.77. The van der Waals surface area contributed by atoms with Crippen LogP contribution in [0.3, 0.4) is 0 Å². The van der Waals surface area contributed by atoms with Gasteiger partial charge in [-0.25, -0.2) is 0 Å². The summed E-state index contributed by atoms with van der Waals surface area (Å²) in [6.07, 6.45) is 0.807. The molecule has 4 heteroatoms. The van der Waals surface area contributed by atoms with Crippen LogP contribution in [0.2, 0.25) is 0 Å². The minimum Gasteiger partial charge on any atom is -0.492 e. The van der Waals surface area contributed by atoms with Gasteiger partial charge in [0, 0.05) is 17.5 Å². The summed E-state index contributed by atoms with van der Waals surface area (Å²) < 4.78 is 21.5. The van der Waals surface area contributed by atoms with Crippen LogP contribution < -0.4 is 18.9 Å². The second-order valence-electron chi connectivity index (χ2n) is 3.48. The van der Waals surface area contributed by atoms with Gasteiger partial charge in [0.2, 0.25) is 5.75 Å². The van der Waals surface area contributed by atoms with E-state index >= 15 is 0 Å². The third-order valence-electron chi connectivity index (χ3n) is 2.72. The Bertz CT molecular complexity index is 407. The van der Waals surface area contributed by atoms with Gasteiger partial charge in [0.25, 0.3) is 0 Å². The predicted molar refractivity (Wildman–Crippen MR) is 59.8 cm³/mol. The van der Waals surface area contributed by atoms with Crippen LogP contribution in [0.15, 0.2) is 0 Å². The molecule has 87 valence electrons. The lowest BCUT2D eigenvalue weighted by Crippen LogP contribution is -2.00. The lowest BCUT2D eigenvalue weighted by Gasteiger charge is -2.17. The summed E-state index contributed by atoms with van der Waals surface area (Å²) in [5, 5.41) is 0. The zero-order chi connectivity index (χ0) is 11.7. The summed E-state index contributed by atoms with van der Waals surface area (Å²) >= 11 is 0. The van der Waals surface area contributed by atoms with E-state index in [1.165, 1.54) is 0 Å². The molecule has 0 aromatic heterocycles. The van der Waals surface area contributed by atoms with Gasteiger partial charge in [0.1, 0.15) is 5.75 Å². The van der Waals surface area contributed by atoms with Crippen molar-refractivity contribution in [3.63, 3.8) is 0 Å². The molecule has 1 radical (unpaired) electrons. The predicted octanol–water partition coefficient (Wildman–Crippen LogP) is 1.83. The molecule has 0 aliphatic carbocycles. The van der Waals surface area contributed by atoms with Crippen molar-refractivity contribution in [2.24, 2.45) is 0 Å². The first-order valence-corrected chi connectivity index (χ1v) is 5.04. The summed E-state index contributed by atoms with van der Waals surface area (Å²) in [6.45, 7) is 4.60. The standard InChI is InChI=1S/C12H15O4/c1-7-9-8(5-6-16-9)11(14-3)12(15-4)10(7)13-2/h1,5-6H2,2-4H3. The Morgan fingerprint density at radius 1 is 1.00 bits per heavy atom. The highest BCUT2D eigenvalue weighted by Gasteiger charge is 2.28. The van der Waals surface area contributed by atoms with Crippen molar-refractivity contribution in [1.29, 1.82) is 0 Å². The molecule has 16 heavy (non-hydrogen) atoms. The SMILES string of the molecule is [CH2]c1c2c(c(OC)c(OC)c1OC)CCO2. The van der Waals surface area contributed by atoms with E-state index in [-0.39, 0.29) is 0 Å². The number of methoxy groups -OCH3 is 3. The van der Waals surface area contributed by atoms with E-state index in [0.717, 1.165) is 17.7 Å². The van der Waals surface area contributed by atoms with Crippen molar-refractivity contribution in [2.75, 3.05) is 27.9 Å². The first-order chi connectivity index (χ1) is 7.74. The van der Waals surface area contributed by atoms with Gasteiger partial charge in [0.05, 0.1) is 27.9 Å². The highest BCUT2D eigenvalue weighted by atomic mass is 16.5. The number of ether oxygens (including phenoxy) is 4. The first-order valence-electron chi connectivity index (χ1n) is 5.04. The Hall–Kier alpha value is -1.58. The monoisotopic (exact) mass is 223 g/mol. The largest absolute Gasteiger partial charge is 0.492 e. The molecule has 0 unspecified atom stereocenters. The fourth-order valence-corrected chi connectivity index (χ4v) is 2.04. The molecule has 0 fully saturated rings. The Morgan fingerprint density at radius 2 is 1.62 bits per heavy atom. The summed E-state index contributed by atoms with van der Waals surface area (Å²) in [5.74, 6) is 2.59. The van der Waals surface area contributed by atoms with Gasteiger partial charge >= 0.3 is 0 Å². The fourth-order valence-electron chi connectivity index (χ4n) is 2.04. The van der Waals surface area contributed by atoms with Crippen LogP contribution >= 0.6 is 0 Å². The zero-order valence-corrected chi connectivity index (χ0v) is 9.75. The van der Waals surface area contributed by atoms with Gasteiger partial charge in [-0.1, -0.05) is 0 Å². The van der Waals surface area contributed by atoms with Gasteiger partial charge in [-0.05, 0) is 6.92 Å². The molecule has 0 spiro atoms. The summed E-state index contributed by atoms with van der Waals surface area (Å²) in [5.41, 5.74) is 1.72. The number of rotatable bonds is 3. The summed E-state index contributed by atoms with van der Waals surface area (Å²) in [6, 6.07) is 0. The maximum absolute atomic E-state index is 5.54. The van der Waals surface area contributed by atoms with Crippen LogP contribution in [0.25, 0.3) is 0 Å².